The van der Waals surface area contributed by atoms with Gasteiger partial charge in [0.2, 0.25) is 5.91 Å². The number of rotatable bonds is 3. The molecule has 1 aromatic carbocycles. The van der Waals surface area contributed by atoms with E-state index in [1.807, 2.05) is 25.1 Å². The number of aryl methyl sites for hydroxylation is 1. The monoisotopic (exact) mass is 285 g/mol. The summed E-state index contributed by atoms with van der Waals surface area (Å²) < 4.78 is 0. The van der Waals surface area contributed by atoms with Gasteiger partial charge in [0, 0.05) is 23.1 Å². The lowest BCUT2D eigenvalue weighted by atomic mass is 9.87. The van der Waals surface area contributed by atoms with Crippen molar-refractivity contribution < 1.29 is 9.90 Å². The van der Waals surface area contributed by atoms with Crippen LogP contribution in [0.4, 0.5) is 5.69 Å². The van der Waals surface area contributed by atoms with Crippen molar-refractivity contribution in [3.05, 3.63) is 29.3 Å². The Balaban J connectivity index is 2.14. The van der Waals surface area contributed by atoms with Crippen molar-refractivity contribution >= 4 is 11.6 Å². The lowest BCUT2D eigenvalue weighted by Crippen LogP contribution is -2.31. The Kier molecular flexibility index (Phi) is 5.03. The van der Waals surface area contributed by atoms with Crippen LogP contribution in [0.1, 0.15) is 50.2 Å². The fraction of sp³-hybridized carbons (Fsp3) is 0.500. The highest BCUT2D eigenvalue weighted by Crippen LogP contribution is 2.38. The average Bonchev–Trinajstić information content (AvgIpc) is 2.91. The molecule has 3 nitrogen and oxygen atoms in total. The highest BCUT2D eigenvalue weighted by atomic mass is 16.2. The van der Waals surface area contributed by atoms with Crippen LogP contribution in [0.25, 0.3) is 0 Å². The van der Waals surface area contributed by atoms with Crippen LogP contribution in [0.15, 0.2) is 18.2 Å². The van der Waals surface area contributed by atoms with E-state index in [-0.39, 0.29) is 17.9 Å². The zero-order chi connectivity index (χ0) is 15.3. The van der Waals surface area contributed by atoms with Crippen molar-refractivity contribution in [2.24, 2.45) is 5.41 Å². The summed E-state index contributed by atoms with van der Waals surface area (Å²) in [6.07, 6.45) is 4.67. The fourth-order valence-corrected chi connectivity index (χ4v) is 2.71. The van der Waals surface area contributed by atoms with Gasteiger partial charge in [-0.05, 0) is 37.5 Å². The maximum atomic E-state index is 12.5. The molecule has 1 aliphatic carbocycles. The molecule has 21 heavy (non-hydrogen) atoms. The molecule has 1 aliphatic rings. The first-order valence-corrected chi connectivity index (χ1v) is 7.57. The number of hydrogen-bond donors (Lipinski definition) is 2. The molecule has 1 amide bonds. The van der Waals surface area contributed by atoms with E-state index in [0.717, 1.165) is 42.5 Å². The van der Waals surface area contributed by atoms with Gasteiger partial charge >= 0.3 is 0 Å². The van der Waals surface area contributed by atoms with Gasteiger partial charge < -0.3 is 10.4 Å². The number of amides is 1. The Hall–Kier alpha value is -1.79. The number of aliphatic hydroxyl groups excluding tert-OH is 1. The average molecular weight is 285 g/mol. The van der Waals surface area contributed by atoms with E-state index >= 15 is 0 Å². The largest absolute Gasteiger partial charge is 0.395 e. The molecule has 0 unspecified atom stereocenters. The zero-order valence-corrected chi connectivity index (χ0v) is 12.8. The Morgan fingerprint density at radius 3 is 2.76 bits per heavy atom. The fourth-order valence-electron chi connectivity index (χ4n) is 2.71. The Bertz CT molecular complexity index is 575. The number of benzene rings is 1. The summed E-state index contributed by atoms with van der Waals surface area (Å²) in [6, 6.07) is 5.82. The quantitative estimate of drug-likeness (QED) is 0.838. The lowest BCUT2D eigenvalue weighted by Gasteiger charge is -2.23. The minimum absolute atomic E-state index is 0.0702. The molecule has 0 aliphatic heterocycles. The first kappa shape index (κ1) is 15.6. The molecule has 2 N–H and O–H groups in total. The second-order valence-corrected chi connectivity index (χ2v) is 6.03. The van der Waals surface area contributed by atoms with Gasteiger partial charge in [0.1, 0.15) is 0 Å². The predicted molar refractivity (Wildman–Crippen MR) is 85.0 cm³/mol. The Labute approximate surface area is 126 Å². The van der Waals surface area contributed by atoms with Crippen LogP contribution in [-0.4, -0.2) is 17.6 Å². The van der Waals surface area contributed by atoms with Gasteiger partial charge in [0.15, 0.2) is 0 Å². The molecule has 3 heteroatoms. The van der Waals surface area contributed by atoms with Crippen LogP contribution in [0.3, 0.4) is 0 Å². The van der Waals surface area contributed by atoms with Crippen molar-refractivity contribution in [2.75, 3.05) is 11.9 Å². The van der Waals surface area contributed by atoms with Crippen LogP contribution in [-0.2, 0) is 4.79 Å². The number of carbonyl (C=O) groups is 1. The molecule has 0 saturated heterocycles. The molecule has 1 saturated carbocycles. The van der Waals surface area contributed by atoms with E-state index < -0.39 is 0 Å². The van der Waals surface area contributed by atoms with Crippen molar-refractivity contribution in [3.8, 4) is 11.8 Å². The van der Waals surface area contributed by atoms with E-state index in [2.05, 4.69) is 24.1 Å². The molecule has 0 radical (unpaired) electrons. The van der Waals surface area contributed by atoms with Crippen LogP contribution < -0.4 is 5.32 Å². The summed E-state index contributed by atoms with van der Waals surface area (Å²) in [4.78, 5) is 12.5. The van der Waals surface area contributed by atoms with Crippen LogP contribution in [0.2, 0.25) is 0 Å². The van der Waals surface area contributed by atoms with Gasteiger partial charge in [-0.2, -0.15) is 0 Å². The SMILES string of the molecule is Cc1ccc(C#CCCO)cc1NC(=O)C1(C)CCCC1. The lowest BCUT2D eigenvalue weighted by molar-refractivity contribution is -0.124. The van der Waals surface area contributed by atoms with Crippen molar-refractivity contribution in [3.63, 3.8) is 0 Å². The number of aliphatic hydroxyl groups is 1. The maximum Gasteiger partial charge on any atom is 0.230 e. The first-order chi connectivity index (χ1) is 10.0. The van der Waals surface area contributed by atoms with Gasteiger partial charge in [-0.25, -0.2) is 0 Å². The topological polar surface area (TPSA) is 49.3 Å². The first-order valence-electron chi connectivity index (χ1n) is 7.57. The standard InChI is InChI=1S/C18H23NO2/c1-14-8-9-15(7-3-6-12-20)13-16(14)19-17(21)18(2)10-4-5-11-18/h8-9,13,20H,4-6,10-12H2,1-2H3,(H,19,21). The third-order valence-corrected chi connectivity index (χ3v) is 4.21. The second-order valence-electron chi connectivity index (χ2n) is 6.03. The summed E-state index contributed by atoms with van der Waals surface area (Å²) in [5.41, 5.74) is 2.51. The molecule has 0 heterocycles. The third kappa shape index (κ3) is 3.86. The van der Waals surface area contributed by atoms with Crippen LogP contribution >= 0.6 is 0 Å². The van der Waals surface area contributed by atoms with Crippen molar-refractivity contribution in [1.82, 2.24) is 0 Å². The summed E-state index contributed by atoms with van der Waals surface area (Å²) in [5.74, 6) is 6.02. The highest BCUT2D eigenvalue weighted by molar-refractivity contribution is 5.96. The number of anilines is 1. The van der Waals surface area contributed by atoms with Gasteiger partial charge in [-0.3, -0.25) is 4.79 Å². The van der Waals surface area contributed by atoms with Crippen molar-refractivity contribution in [2.45, 2.75) is 46.0 Å². The number of carbonyl (C=O) groups excluding carboxylic acids is 1. The summed E-state index contributed by atoms with van der Waals surface area (Å²) in [7, 11) is 0. The Morgan fingerprint density at radius 1 is 1.38 bits per heavy atom. The molecule has 1 fully saturated rings. The number of hydrogen-bond acceptors (Lipinski definition) is 2. The maximum absolute atomic E-state index is 12.5. The van der Waals surface area contributed by atoms with Gasteiger partial charge in [-0.1, -0.05) is 37.7 Å². The second kappa shape index (κ2) is 6.78. The van der Waals surface area contributed by atoms with E-state index in [1.165, 1.54) is 0 Å². The zero-order valence-electron chi connectivity index (χ0n) is 12.8. The van der Waals surface area contributed by atoms with Gasteiger partial charge in [0.05, 0.1) is 6.61 Å². The minimum Gasteiger partial charge on any atom is -0.395 e. The molecule has 0 bridgehead atoms. The molecule has 0 atom stereocenters. The summed E-state index contributed by atoms with van der Waals surface area (Å²) >= 11 is 0. The normalized spacial score (nSPS) is 16.1. The Morgan fingerprint density at radius 2 is 2.10 bits per heavy atom. The minimum atomic E-state index is -0.231. The smallest absolute Gasteiger partial charge is 0.230 e. The van der Waals surface area contributed by atoms with E-state index in [1.54, 1.807) is 0 Å². The molecule has 0 spiro atoms. The molecule has 112 valence electrons. The molecule has 1 aromatic rings. The number of nitrogens with one attached hydrogen (secondary N) is 1. The van der Waals surface area contributed by atoms with Crippen LogP contribution in [0, 0.1) is 24.2 Å². The molecule has 2 rings (SSSR count). The van der Waals surface area contributed by atoms with Crippen molar-refractivity contribution in [1.29, 1.82) is 0 Å². The van der Waals surface area contributed by atoms with E-state index in [4.69, 9.17) is 5.11 Å². The third-order valence-electron chi connectivity index (χ3n) is 4.21. The summed E-state index contributed by atoms with van der Waals surface area (Å²) in [5, 5.41) is 11.8. The van der Waals surface area contributed by atoms with E-state index in [0.29, 0.717) is 6.42 Å². The predicted octanol–water partition coefficient (Wildman–Crippen LogP) is 3.25. The highest BCUT2D eigenvalue weighted by Gasteiger charge is 2.36. The van der Waals surface area contributed by atoms with Gasteiger partial charge in [0.25, 0.3) is 0 Å². The van der Waals surface area contributed by atoms with E-state index in [9.17, 15) is 4.79 Å². The summed E-state index contributed by atoms with van der Waals surface area (Å²) in [6.45, 7) is 4.11. The molecular weight excluding hydrogens is 262 g/mol. The van der Waals surface area contributed by atoms with Crippen LogP contribution in [0.5, 0.6) is 0 Å². The van der Waals surface area contributed by atoms with Gasteiger partial charge in [-0.15, -0.1) is 0 Å². The molecular formula is C18H23NO2. The molecule has 0 aromatic heterocycles.